The van der Waals surface area contributed by atoms with E-state index in [1.807, 2.05) is 32.0 Å². The minimum Gasteiger partial charge on any atom is -0.489 e. The highest BCUT2D eigenvalue weighted by Gasteiger charge is 2.02. The Morgan fingerprint density at radius 3 is 2.71 bits per heavy atom. The van der Waals surface area contributed by atoms with E-state index >= 15 is 0 Å². The fourth-order valence-electron chi connectivity index (χ4n) is 1.22. The lowest BCUT2D eigenvalue weighted by Gasteiger charge is -2.11. The molecule has 78 valence electrons. The molecule has 0 saturated carbocycles. The summed E-state index contributed by atoms with van der Waals surface area (Å²) in [4.78, 5) is 0. The maximum atomic E-state index is 5.77. The lowest BCUT2D eigenvalue weighted by molar-refractivity contribution is 0.110. The summed E-state index contributed by atoms with van der Waals surface area (Å²) >= 11 is 0. The molecule has 3 heteroatoms. The van der Waals surface area contributed by atoms with Crippen LogP contribution in [0.3, 0.4) is 0 Å². The first-order valence-electron chi connectivity index (χ1n) is 4.81. The largest absolute Gasteiger partial charge is 0.489 e. The summed E-state index contributed by atoms with van der Waals surface area (Å²) in [6.07, 6.45) is 0. The van der Waals surface area contributed by atoms with Gasteiger partial charge in [-0.15, -0.1) is 0 Å². The quantitative estimate of drug-likeness (QED) is 0.577. The molecule has 14 heavy (non-hydrogen) atoms. The van der Waals surface area contributed by atoms with Crippen LogP contribution in [-0.2, 0) is 4.74 Å². The molecule has 0 aliphatic heterocycles. The summed E-state index contributed by atoms with van der Waals surface area (Å²) in [5.41, 5.74) is 7.51. The molecule has 0 spiro atoms. The SMILES string of the molecule is CCOCCOc1c(C)cccc1N. The van der Waals surface area contributed by atoms with Crippen LogP contribution in [0.4, 0.5) is 5.69 Å². The van der Waals surface area contributed by atoms with E-state index in [-0.39, 0.29) is 0 Å². The fraction of sp³-hybridized carbons (Fsp3) is 0.455. The standard InChI is InChI=1S/C11H17NO2/c1-3-13-7-8-14-11-9(2)5-4-6-10(11)12/h4-6H,3,7-8,12H2,1-2H3. The van der Waals surface area contributed by atoms with Crippen LogP contribution >= 0.6 is 0 Å². The normalized spacial score (nSPS) is 10.1. The van der Waals surface area contributed by atoms with Crippen molar-refractivity contribution in [3.8, 4) is 5.75 Å². The number of ether oxygens (including phenoxy) is 2. The number of aryl methyl sites for hydroxylation is 1. The van der Waals surface area contributed by atoms with E-state index in [0.717, 1.165) is 11.3 Å². The number of para-hydroxylation sites is 1. The predicted octanol–water partition coefficient (Wildman–Crippen LogP) is 1.99. The second-order valence-electron chi connectivity index (χ2n) is 3.04. The van der Waals surface area contributed by atoms with Gasteiger partial charge in [-0.2, -0.15) is 0 Å². The van der Waals surface area contributed by atoms with Crippen molar-refractivity contribution in [2.24, 2.45) is 0 Å². The molecule has 0 unspecified atom stereocenters. The monoisotopic (exact) mass is 195 g/mol. The van der Waals surface area contributed by atoms with Crippen molar-refractivity contribution in [2.75, 3.05) is 25.6 Å². The fourth-order valence-corrected chi connectivity index (χ4v) is 1.22. The maximum Gasteiger partial charge on any atom is 0.145 e. The Morgan fingerprint density at radius 1 is 1.29 bits per heavy atom. The number of rotatable bonds is 5. The number of anilines is 1. The Labute approximate surface area is 84.8 Å². The summed E-state index contributed by atoms with van der Waals surface area (Å²) in [5.74, 6) is 0.771. The average Bonchev–Trinajstić information content (AvgIpc) is 2.16. The van der Waals surface area contributed by atoms with Gasteiger partial charge >= 0.3 is 0 Å². The molecular weight excluding hydrogens is 178 g/mol. The zero-order valence-electron chi connectivity index (χ0n) is 8.75. The van der Waals surface area contributed by atoms with Gasteiger partial charge in [-0.3, -0.25) is 0 Å². The van der Waals surface area contributed by atoms with Crippen LogP contribution in [0.5, 0.6) is 5.75 Å². The lowest BCUT2D eigenvalue weighted by Crippen LogP contribution is -2.08. The Kier molecular flexibility index (Phi) is 4.26. The van der Waals surface area contributed by atoms with Crippen molar-refractivity contribution in [3.63, 3.8) is 0 Å². The Bertz CT molecular complexity index is 266. The van der Waals surface area contributed by atoms with Gasteiger partial charge in [0.15, 0.2) is 0 Å². The molecule has 2 N–H and O–H groups in total. The molecule has 0 atom stereocenters. The van der Waals surface area contributed by atoms with Crippen molar-refractivity contribution < 1.29 is 9.47 Å². The molecule has 0 fully saturated rings. The Hall–Kier alpha value is -1.22. The molecule has 0 aliphatic rings. The van der Waals surface area contributed by atoms with E-state index in [9.17, 15) is 0 Å². The van der Waals surface area contributed by atoms with Crippen LogP contribution in [0.15, 0.2) is 18.2 Å². The van der Waals surface area contributed by atoms with E-state index in [1.165, 1.54) is 0 Å². The molecule has 0 aliphatic carbocycles. The van der Waals surface area contributed by atoms with Gasteiger partial charge in [-0.25, -0.2) is 0 Å². The molecule has 1 aromatic rings. The van der Waals surface area contributed by atoms with Gasteiger partial charge in [0.05, 0.1) is 12.3 Å². The molecule has 0 bridgehead atoms. The van der Waals surface area contributed by atoms with Crippen LogP contribution < -0.4 is 10.5 Å². The number of nitrogens with two attached hydrogens (primary N) is 1. The van der Waals surface area contributed by atoms with Crippen LogP contribution in [0, 0.1) is 6.92 Å². The first-order chi connectivity index (χ1) is 6.75. The molecule has 0 saturated heterocycles. The molecule has 0 heterocycles. The van der Waals surface area contributed by atoms with Crippen LogP contribution in [0.25, 0.3) is 0 Å². The number of hydrogen-bond donors (Lipinski definition) is 1. The minimum atomic E-state index is 0.545. The molecular formula is C11H17NO2. The van der Waals surface area contributed by atoms with Gasteiger partial charge in [-0.05, 0) is 25.5 Å². The van der Waals surface area contributed by atoms with E-state index in [0.29, 0.717) is 25.5 Å². The van der Waals surface area contributed by atoms with E-state index in [1.54, 1.807) is 0 Å². The second kappa shape index (κ2) is 5.50. The predicted molar refractivity (Wildman–Crippen MR) is 57.6 cm³/mol. The number of benzene rings is 1. The maximum absolute atomic E-state index is 5.77. The summed E-state index contributed by atoms with van der Waals surface area (Å²) in [6, 6.07) is 5.73. The highest BCUT2D eigenvalue weighted by atomic mass is 16.5. The van der Waals surface area contributed by atoms with Gasteiger partial charge in [0.25, 0.3) is 0 Å². The lowest BCUT2D eigenvalue weighted by atomic mass is 10.2. The van der Waals surface area contributed by atoms with Crippen molar-refractivity contribution >= 4 is 5.69 Å². The molecule has 1 aromatic carbocycles. The van der Waals surface area contributed by atoms with Gasteiger partial charge in [0.2, 0.25) is 0 Å². The third-order valence-electron chi connectivity index (χ3n) is 1.92. The van der Waals surface area contributed by atoms with Crippen molar-refractivity contribution in [1.82, 2.24) is 0 Å². The smallest absolute Gasteiger partial charge is 0.145 e. The first-order valence-corrected chi connectivity index (χ1v) is 4.81. The van der Waals surface area contributed by atoms with Crippen molar-refractivity contribution in [1.29, 1.82) is 0 Å². The summed E-state index contributed by atoms with van der Waals surface area (Å²) < 4.78 is 10.7. The van der Waals surface area contributed by atoms with Gasteiger partial charge in [0.1, 0.15) is 12.4 Å². The third-order valence-corrected chi connectivity index (χ3v) is 1.92. The Balaban J connectivity index is 2.49. The zero-order chi connectivity index (χ0) is 10.4. The Morgan fingerprint density at radius 2 is 2.07 bits per heavy atom. The van der Waals surface area contributed by atoms with Gasteiger partial charge in [0, 0.05) is 6.61 Å². The van der Waals surface area contributed by atoms with Crippen LogP contribution in [0.2, 0.25) is 0 Å². The summed E-state index contributed by atoms with van der Waals surface area (Å²) in [6.45, 7) is 5.80. The highest BCUT2D eigenvalue weighted by molar-refractivity contribution is 5.56. The second-order valence-corrected chi connectivity index (χ2v) is 3.04. The molecule has 1 rings (SSSR count). The number of nitrogen functional groups attached to an aromatic ring is 1. The minimum absolute atomic E-state index is 0.545. The van der Waals surface area contributed by atoms with Crippen molar-refractivity contribution in [3.05, 3.63) is 23.8 Å². The molecule has 0 aromatic heterocycles. The average molecular weight is 195 g/mol. The topological polar surface area (TPSA) is 44.5 Å². The molecule has 0 amide bonds. The van der Waals surface area contributed by atoms with Crippen LogP contribution in [0.1, 0.15) is 12.5 Å². The molecule has 3 nitrogen and oxygen atoms in total. The third kappa shape index (κ3) is 2.92. The van der Waals surface area contributed by atoms with E-state index < -0.39 is 0 Å². The highest BCUT2D eigenvalue weighted by Crippen LogP contribution is 2.24. The van der Waals surface area contributed by atoms with E-state index in [2.05, 4.69) is 0 Å². The first kappa shape index (κ1) is 10.9. The summed E-state index contributed by atoms with van der Waals surface area (Å²) in [7, 11) is 0. The number of hydrogen-bond acceptors (Lipinski definition) is 3. The van der Waals surface area contributed by atoms with Gasteiger partial charge in [-0.1, -0.05) is 12.1 Å². The molecule has 0 radical (unpaired) electrons. The van der Waals surface area contributed by atoms with Gasteiger partial charge < -0.3 is 15.2 Å². The van der Waals surface area contributed by atoms with Crippen LogP contribution in [-0.4, -0.2) is 19.8 Å². The van der Waals surface area contributed by atoms with E-state index in [4.69, 9.17) is 15.2 Å². The van der Waals surface area contributed by atoms with Crippen molar-refractivity contribution in [2.45, 2.75) is 13.8 Å². The summed E-state index contributed by atoms with van der Waals surface area (Å²) in [5, 5.41) is 0. The zero-order valence-corrected chi connectivity index (χ0v) is 8.75.